The number of aliphatic hydroxyl groups excluding tert-OH is 1. The van der Waals surface area contributed by atoms with Crippen LogP contribution >= 0.6 is 0 Å². The van der Waals surface area contributed by atoms with E-state index in [-0.39, 0.29) is 36.2 Å². The fourth-order valence-electron chi connectivity index (χ4n) is 3.90. The zero-order valence-electron chi connectivity index (χ0n) is 19.4. The fraction of sp³-hybridized carbons (Fsp3) is 0.185. The molecule has 186 valence electrons. The van der Waals surface area contributed by atoms with Gasteiger partial charge in [0.1, 0.15) is 11.6 Å². The Morgan fingerprint density at radius 2 is 1.81 bits per heavy atom. The first-order chi connectivity index (χ1) is 17.4. The summed E-state index contributed by atoms with van der Waals surface area (Å²) in [6.07, 6.45) is -0.167. The predicted octanol–water partition coefficient (Wildman–Crippen LogP) is 3.56. The topological polar surface area (TPSA) is 126 Å². The Kier molecular flexibility index (Phi) is 7.94. The lowest BCUT2D eigenvalue weighted by atomic mass is 10.0. The molecular formula is C27H27FN4O4. The number of amides is 2. The lowest BCUT2D eigenvalue weighted by Crippen LogP contribution is -2.28. The molecular weight excluding hydrogens is 463 g/mol. The number of hydrogen-bond donors (Lipinski definition) is 6. The number of halogens is 1. The van der Waals surface area contributed by atoms with Gasteiger partial charge in [-0.3, -0.25) is 4.79 Å². The molecule has 8 nitrogen and oxygen atoms in total. The van der Waals surface area contributed by atoms with Gasteiger partial charge in [0.2, 0.25) is 5.56 Å². The summed E-state index contributed by atoms with van der Waals surface area (Å²) in [7, 11) is 0. The van der Waals surface area contributed by atoms with Crippen LogP contribution < -0.4 is 21.5 Å². The molecule has 2 amide bonds. The van der Waals surface area contributed by atoms with E-state index in [9.17, 15) is 24.2 Å². The summed E-state index contributed by atoms with van der Waals surface area (Å²) in [6, 6.07) is 19.1. The van der Waals surface area contributed by atoms with E-state index in [1.807, 2.05) is 18.2 Å². The molecule has 9 heteroatoms. The van der Waals surface area contributed by atoms with Crippen molar-refractivity contribution in [1.29, 1.82) is 0 Å². The lowest BCUT2D eigenvalue weighted by Gasteiger charge is -2.15. The van der Waals surface area contributed by atoms with Crippen LogP contribution in [0.25, 0.3) is 10.9 Å². The normalized spacial score (nSPS) is 11.8. The molecule has 0 saturated heterocycles. The number of pyridine rings is 1. The molecule has 36 heavy (non-hydrogen) atoms. The maximum atomic E-state index is 13.0. The first-order valence-electron chi connectivity index (χ1n) is 11.5. The van der Waals surface area contributed by atoms with Crippen molar-refractivity contribution in [3.8, 4) is 5.75 Å². The number of nitrogens with one attached hydrogen (secondary N) is 4. The van der Waals surface area contributed by atoms with Crippen molar-refractivity contribution >= 4 is 22.6 Å². The number of carbonyl (C=O) groups excluding carboxylic acids is 1. The number of H-pyrrole nitrogens is 1. The van der Waals surface area contributed by atoms with Gasteiger partial charge in [-0.2, -0.15) is 0 Å². The van der Waals surface area contributed by atoms with E-state index in [0.717, 1.165) is 11.1 Å². The summed E-state index contributed by atoms with van der Waals surface area (Å²) in [6.45, 7) is 1.15. The van der Waals surface area contributed by atoms with Gasteiger partial charge in [0.05, 0.1) is 11.6 Å². The highest BCUT2D eigenvalue weighted by atomic mass is 19.1. The molecule has 0 bridgehead atoms. The average molecular weight is 491 g/mol. The second-order valence-electron chi connectivity index (χ2n) is 8.39. The Morgan fingerprint density at radius 1 is 1.00 bits per heavy atom. The lowest BCUT2D eigenvalue weighted by molar-refractivity contribution is 0.176. The van der Waals surface area contributed by atoms with Crippen molar-refractivity contribution in [1.82, 2.24) is 15.6 Å². The highest BCUT2D eigenvalue weighted by Crippen LogP contribution is 2.28. The van der Waals surface area contributed by atoms with Gasteiger partial charge in [-0.05, 0) is 66.1 Å². The van der Waals surface area contributed by atoms with Crippen LogP contribution in [-0.4, -0.2) is 34.3 Å². The quantitative estimate of drug-likeness (QED) is 0.200. The van der Waals surface area contributed by atoms with E-state index in [1.54, 1.807) is 30.3 Å². The molecule has 4 rings (SSSR count). The Bertz CT molecular complexity index is 1410. The minimum Gasteiger partial charge on any atom is -0.506 e. The van der Waals surface area contributed by atoms with Crippen molar-refractivity contribution in [3.05, 3.63) is 106 Å². The molecule has 0 radical (unpaired) electrons. The number of phenols is 1. The number of anilines is 1. The van der Waals surface area contributed by atoms with Crippen molar-refractivity contribution in [2.45, 2.75) is 19.1 Å². The van der Waals surface area contributed by atoms with E-state index in [2.05, 4.69) is 20.9 Å². The first kappa shape index (κ1) is 24.9. The number of aromatic hydroxyl groups is 1. The third-order valence-electron chi connectivity index (χ3n) is 5.75. The van der Waals surface area contributed by atoms with Gasteiger partial charge in [0.25, 0.3) is 0 Å². The van der Waals surface area contributed by atoms with Crippen LogP contribution in [-0.2, 0) is 13.0 Å². The number of hydrogen-bond acceptors (Lipinski definition) is 5. The molecule has 0 saturated carbocycles. The number of benzene rings is 3. The summed E-state index contributed by atoms with van der Waals surface area (Å²) in [5.41, 5.74) is 3.01. The summed E-state index contributed by atoms with van der Waals surface area (Å²) in [4.78, 5) is 26.4. The van der Waals surface area contributed by atoms with Crippen molar-refractivity contribution in [2.75, 3.05) is 18.4 Å². The monoisotopic (exact) mass is 490 g/mol. The molecule has 6 N–H and O–H groups in total. The summed E-state index contributed by atoms with van der Waals surface area (Å²) < 4.78 is 13.0. The SMILES string of the molecule is O=C(NCc1ccc(F)cc1)Nc1cccc(CCNC[C@H](O)c2ccc(O)c3[nH]c(=O)ccc23)c1. The van der Waals surface area contributed by atoms with Crippen LogP contribution in [0.15, 0.2) is 77.6 Å². The molecule has 4 aromatic rings. The number of aromatic nitrogens is 1. The Hall–Kier alpha value is -4.21. The Morgan fingerprint density at radius 3 is 2.61 bits per heavy atom. The average Bonchev–Trinajstić information content (AvgIpc) is 2.87. The van der Waals surface area contributed by atoms with E-state index < -0.39 is 6.10 Å². The minimum atomic E-state index is -0.836. The van der Waals surface area contributed by atoms with Gasteiger partial charge in [0.15, 0.2) is 0 Å². The minimum absolute atomic E-state index is 0.0516. The van der Waals surface area contributed by atoms with Gasteiger partial charge >= 0.3 is 6.03 Å². The van der Waals surface area contributed by atoms with Crippen LogP contribution in [0.2, 0.25) is 0 Å². The van der Waals surface area contributed by atoms with Crippen LogP contribution in [0, 0.1) is 5.82 Å². The zero-order valence-corrected chi connectivity index (χ0v) is 19.4. The van der Waals surface area contributed by atoms with Gasteiger partial charge in [-0.1, -0.05) is 30.3 Å². The molecule has 0 aliphatic carbocycles. The highest BCUT2D eigenvalue weighted by molar-refractivity contribution is 5.89. The van der Waals surface area contributed by atoms with Gasteiger partial charge in [-0.25, -0.2) is 9.18 Å². The number of aromatic amines is 1. The van der Waals surface area contributed by atoms with Crippen LogP contribution in [0.4, 0.5) is 14.9 Å². The molecule has 0 spiro atoms. The van der Waals surface area contributed by atoms with Gasteiger partial charge in [-0.15, -0.1) is 0 Å². The van der Waals surface area contributed by atoms with Gasteiger partial charge < -0.3 is 31.1 Å². The number of rotatable bonds is 9. The molecule has 0 aliphatic heterocycles. The molecule has 3 aromatic carbocycles. The second kappa shape index (κ2) is 11.5. The van der Waals surface area contributed by atoms with E-state index in [4.69, 9.17) is 0 Å². The van der Waals surface area contributed by atoms with Gasteiger partial charge in [0, 0.05) is 30.2 Å². The number of fused-ring (bicyclic) bond motifs is 1. The first-order valence-corrected chi connectivity index (χ1v) is 11.5. The maximum absolute atomic E-state index is 13.0. The molecule has 1 heterocycles. The fourth-order valence-corrected chi connectivity index (χ4v) is 3.90. The predicted molar refractivity (Wildman–Crippen MR) is 136 cm³/mol. The molecule has 0 unspecified atom stereocenters. The summed E-state index contributed by atoms with van der Waals surface area (Å²) >= 11 is 0. The molecule has 1 atom stereocenters. The Balaban J connectivity index is 1.26. The summed E-state index contributed by atoms with van der Waals surface area (Å²) in [5, 5.41) is 30.0. The maximum Gasteiger partial charge on any atom is 0.319 e. The number of aliphatic hydroxyl groups is 1. The smallest absolute Gasteiger partial charge is 0.319 e. The molecule has 1 aromatic heterocycles. The summed E-state index contributed by atoms with van der Waals surface area (Å²) in [5.74, 6) is -0.375. The largest absolute Gasteiger partial charge is 0.506 e. The second-order valence-corrected chi connectivity index (χ2v) is 8.39. The third kappa shape index (κ3) is 6.47. The number of urea groups is 1. The van der Waals surface area contributed by atoms with Crippen molar-refractivity contribution in [3.63, 3.8) is 0 Å². The van der Waals surface area contributed by atoms with E-state index in [0.29, 0.717) is 35.1 Å². The zero-order chi connectivity index (χ0) is 25.5. The van der Waals surface area contributed by atoms with E-state index in [1.165, 1.54) is 24.3 Å². The standard InChI is InChI=1S/C27H27FN4O4/c28-19-6-4-18(5-7-19)15-30-27(36)31-20-3-1-2-17(14-20)12-13-29-16-24(34)21-8-10-23(33)26-22(21)9-11-25(35)32-26/h1-11,14,24,29,33-34H,12-13,15-16H2,(H,32,35)(H2,30,31,36)/t24-/m0/s1. The molecule has 0 fully saturated rings. The molecule has 0 aliphatic rings. The third-order valence-corrected chi connectivity index (χ3v) is 5.75. The Labute approximate surface area is 206 Å². The van der Waals surface area contributed by atoms with E-state index >= 15 is 0 Å². The number of phenolic OH excluding ortho intramolecular Hbond substituents is 1. The van der Waals surface area contributed by atoms with Crippen LogP contribution in [0.5, 0.6) is 5.75 Å². The van der Waals surface area contributed by atoms with Crippen LogP contribution in [0.1, 0.15) is 22.8 Å². The number of carbonyl (C=O) groups is 1. The highest BCUT2D eigenvalue weighted by Gasteiger charge is 2.13. The van der Waals surface area contributed by atoms with Crippen LogP contribution in [0.3, 0.4) is 0 Å². The van der Waals surface area contributed by atoms with Crippen molar-refractivity contribution < 1.29 is 19.4 Å². The van der Waals surface area contributed by atoms with Crippen molar-refractivity contribution in [2.24, 2.45) is 0 Å².